The quantitative estimate of drug-likeness (QED) is 0.788. The van der Waals surface area contributed by atoms with Crippen molar-refractivity contribution in [1.29, 1.82) is 0 Å². The number of hydrogen-bond acceptors (Lipinski definition) is 1. The van der Waals surface area contributed by atoms with Crippen molar-refractivity contribution in [1.82, 2.24) is 5.32 Å². The lowest BCUT2D eigenvalue weighted by atomic mass is 10.1. The van der Waals surface area contributed by atoms with Gasteiger partial charge in [0.15, 0.2) is 0 Å². The van der Waals surface area contributed by atoms with Gasteiger partial charge in [0.1, 0.15) is 6.67 Å². The molecular weight excluding hydrogens is 181 g/mol. The van der Waals surface area contributed by atoms with Gasteiger partial charge in [0.25, 0.3) is 0 Å². The molecule has 0 saturated carbocycles. The van der Waals surface area contributed by atoms with Gasteiger partial charge < -0.3 is 5.32 Å². The zero-order valence-electron chi connectivity index (χ0n) is 8.38. The number of halogens is 1. The molecule has 0 radical (unpaired) electrons. The fraction of sp³-hybridized carbons (Fsp3) is 0.364. The minimum Gasteiger partial charge on any atom is -0.350 e. The van der Waals surface area contributed by atoms with Gasteiger partial charge in [-0.05, 0) is 18.1 Å². The van der Waals surface area contributed by atoms with Crippen molar-refractivity contribution in [2.45, 2.75) is 26.6 Å². The van der Waals surface area contributed by atoms with Gasteiger partial charge in [-0.2, -0.15) is 0 Å². The highest BCUT2D eigenvalue weighted by atomic mass is 19.1. The summed E-state index contributed by atoms with van der Waals surface area (Å²) in [6.07, 6.45) is 0. The molecule has 0 heterocycles. The van der Waals surface area contributed by atoms with E-state index in [2.05, 4.69) is 5.32 Å². The molecule has 1 aromatic carbocycles. The minimum atomic E-state index is -0.450. The maximum absolute atomic E-state index is 12.2. The molecular formula is C11H14FNO. The summed E-state index contributed by atoms with van der Waals surface area (Å²) < 4.78 is 12.2. The molecule has 1 atom stereocenters. The molecule has 2 nitrogen and oxygen atoms in total. The highest BCUT2D eigenvalue weighted by Gasteiger charge is 2.05. The predicted molar refractivity (Wildman–Crippen MR) is 53.5 cm³/mol. The van der Waals surface area contributed by atoms with Crippen molar-refractivity contribution in [3.63, 3.8) is 0 Å². The summed E-state index contributed by atoms with van der Waals surface area (Å²) in [5.74, 6) is -0.0629. The first kappa shape index (κ1) is 10.7. The number of carbonyl (C=O) groups excluding carboxylic acids is 1. The number of nitrogens with one attached hydrogen (secondary N) is 1. The second kappa shape index (κ2) is 4.74. The molecule has 14 heavy (non-hydrogen) atoms. The van der Waals surface area contributed by atoms with E-state index in [1.807, 2.05) is 19.1 Å². The Labute approximate surface area is 83.1 Å². The third-order valence-corrected chi connectivity index (χ3v) is 2.05. The molecule has 0 aliphatic heterocycles. The highest BCUT2D eigenvalue weighted by Crippen LogP contribution is 2.13. The van der Waals surface area contributed by atoms with Gasteiger partial charge in [-0.25, -0.2) is 4.39 Å². The molecule has 0 aliphatic carbocycles. The Balaban J connectivity index is 2.71. The van der Waals surface area contributed by atoms with Crippen LogP contribution < -0.4 is 5.32 Å². The van der Waals surface area contributed by atoms with E-state index in [1.54, 1.807) is 12.1 Å². The summed E-state index contributed by atoms with van der Waals surface area (Å²) in [6, 6.07) is 7.09. The monoisotopic (exact) mass is 195 g/mol. The van der Waals surface area contributed by atoms with Crippen LogP contribution in [0.25, 0.3) is 0 Å². The van der Waals surface area contributed by atoms with Crippen LogP contribution in [0.15, 0.2) is 24.3 Å². The molecule has 0 fully saturated rings. The lowest BCUT2D eigenvalue weighted by Gasteiger charge is -2.12. The van der Waals surface area contributed by atoms with Gasteiger partial charge in [0, 0.05) is 6.92 Å². The summed E-state index contributed by atoms with van der Waals surface area (Å²) in [7, 11) is 0. The number of hydrogen-bond donors (Lipinski definition) is 1. The molecule has 0 aromatic heterocycles. The van der Waals surface area contributed by atoms with Crippen LogP contribution in [0.4, 0.5) is 4.39 Å². The third kappa shape index (κ3) is 2.83. The van der Waals surface area contributed by atoms with Crippen LogP contribution >= 0.6 is 0 Å². The molecule has 3 heteroatoms. The zero-order valence-corrected chi connectivity index (χ0v) is 8.38. The topological polar surface area (TPSA) is 29.1 Å². The van der Waals surface area contributed by atoms with Crippen LogP contribution in [-0.2, 0) is 11.5 Å². The lowest BCUT2D eigenvalue weighted by Crippen LogP contribution is -2.23. The summed E-state index contributed by atoms with van der Waals surface area (Å²) in [4.78, 5) is 10.8. The summed E-state index contributed by atoms with van der Waals surface area (Å²) in [6.45, 7) is 2.92. The smallest absolute Gasteiger partial charge is 0.217 e. The predicted octanol–water partition coefficient (Wildman–Crippen LogP) is 2.35. The molecule has 0 unspecified atom stereocenters. The fourth-order valence-corrected chi connectivity index (χ4v) is 1.28. The molecule has 1 amide bonds. The van der Waals surface area contributed by atoms with E-state index in [-0.39, 0.29) is 11.9 Å². The van der Waals surface area contributed by atoms with Crippen LogP contribution in [0.3, 0.4) is 0 Å². The Bertz CT molecular complexity index is 308. The zero-order chi connectivity index (χ0) is 10.6. The Morgan fingerprint density at radius 1 is 1.43 bits per heavy atom. The van der Waals surface area contributed by atoms with E-state index >= 15 is 0 Å². The Morgan fingerprint density at radius 3 is 2.43 bits per heavy atom. The fourth-order valence-electron chi connectivity index (χ4n) is 1.28. The molecule has 1 aromatic rings. The number of amides is 1. The van der Waals surface area contributed by atoms with E-state index in [4.69, 9.17) is 0 Å². The SMILES string of the molecule is CC(=O)N[C@H](C)c1ccc(CF)cc1. The van der Waals surface area contributed by atoms with E-state index in [0.29, 0.717) is 5.56 Å². The first-order chi connectivity index (χ1) is 6.63. The Hall–Kier alpha value is -1.38. The van der Waals surface area contributed by atoms with Crippen LogP contribution in [-0.4, -0.2) is 5.91 Å². The van der Waals surface area contributed by atoms with Gasteiger partial charge >= 0.3 is 0 Å². The van der Waals surface area contributed by atoms with Crippen LogP contribution in [0.5, 0.6) is 0 Å². The van der Waals surface area contributed by atoms with Crippen molar-refractivity contribution in [3.05, 3.63) is 35.4 Å². The second-order valence-corrected chi connectivity index (χ2v) is 3.30. The van der Waals surface area contributed by atoms with Crippen molar-refractivity contribution in [2.75, 3.05) is 0 Å². The molecule has 1 N–H and O–H groups in total. The average molecular weight is 195 g/mol. The van der Waals surface area contributed by atoms with E-state index < -0.39 is 6.67 Å². The number of carbonyl (C=O) groups is 1. The van der Waals surface area contributed by atoms with Crippen molar-refractivity contribution in [3.8, 4) is 0 Å². The molecule has 76 valence electrons. The lowest BCUT2D eigenvalue weighted by molar-refractivity contribution is -0.119. The summed E-state index contributed by atoms with van der Waals surface area (Å²) in [5, 5.41) is 2.76. The number of alkyl halides is 1. The van der Waals surface area contributed by atoms with Crippen LogP contribution in [0.2, 0.25) is 0 Å². The van der Waals surface area contributed by atoms with E-state index in [9.17, 15) is 9.18 Å². The molecule has 0 bridgehead atoms. The highest BCUT2D eigenvalue weighted by molar-refractivity contribution is 5.73. The molecule has 0 spiro atoms. The number of rotatable bonds is 3. The Morgan fingerprint density at radius 2 is 2.00 bits per heavy atom. The van der Waals surface area contributed by atoms with E-state index in [1.165, 1.54) is 6.92 Å². The first-order valence-electron chi connectivity index (χ1n) is 4.55. The largest absolute Gasteiger partial charge is 0.350 e. The van der Waals surface area contributed by atoms with Gasteiger partial charge in [-0.3, -0.25) is 4.79 Å². The number of benzene rings is 1. The molecule has 0 aliphatic rings. The van der Waals surface area contributed by atoms with Gasteiger partial charge in [0.2, 0.25) is 5.91 Å². The van der Waals surface area contributed by atoms with Gasteiger partial charge in [0.05, 0.1) is 6.04 Å². The maximum atomic E-state index is 12.2. The second-order valence-electron chi connectivity index (χ2n) is 3.30. The normalized spacial score (nSPS) is 12.2. The maximum Gasteiger partial charge on any atom is 0.217 e. The first-order valence-corrected chi connectivity index (χ1v) is 4.55. The standard InChI is InChI=1S/C11H14FNO/c1-8(13-9(2)14)11-5-3-10(7-12)4-6-11/h3-6,8H,7H2,1-2H3,(H,13,14)/t8-/m1/s1. The van der Waals surface area contributed by atoms with Crippen molar-refractivity contribution >= 4 is 5.91 Å². The van der Waals surface area contributed by atoms with Gasteiger partial charge in [-0.1, -0.05) is 24.3 Å². The minimum absolute atomic E-state index is 0.0267. The Kier molecular flexibility index (Phi) is 3.63. The van der Waals surface area contributed by atoms with Crippen LogP contribution in [0, 0.1) is 0 Å². The summed E-state index contributed by atoms with van der Waals surface area (Å²) in [5.41, 5.74) is 1.64. The third-order valence-electron chi connectivity index (χ3n) is 2.05. The summed E-state index contributed by atoms with van der Waals surface area (Å²) >= 11 is 0. The van der Waals surface area contributed by atoms with Crippen molar-refractivity contribution in [2.24, 2.45) is 0 Å². The van der Waals surface area contributed by atoms with Crippen LogP contribution in [0.1, 0.15) is 31.0 Å². The average Bonchev–Trinajstić information content (AvgIpc) is 2.17. The molecule has 0 saturated heterocycles. The van der Waals surface area contributed by atoms with Gasteiger partial charge in [-0.15, -0.1) is 0 Å². The van der Waals surface area contributed by atoms with Crippen molar-refractivity contribution < 1.29 is 9.18 Å². The van der Waals surface area contributed by atoms with E-state index in [0.717, 1.165) is 5.56 Å². The molecule has 1 rings (SSSR count).